The van der Waals surface area contributed by atoms with Gasteiger partial charge in [-0.1, -0.05) is 31.9 Å². The van der Waals surface area contributed by atoms with Gasteiger partial charge in [0.05, 0.1) is 7.11 Å². The Labute approximate surface area is 122 Å². The van der Waals surface area contributed by atoms with Gasteiger partial charge in [0.1, 0.15) is 5.75 Å². The molecule has 3 atom stereocenters. The van der Waals surface area contributed by atoms with Crippen LogP contribution in [0.2, 0.25) is 0 Å². The standard InChI is InChI=1S/C17H28N2O/c1-13-4-3-5-15(12-13)17(19-18)11-8-14-6-9-16(20-2)10-7-14/h6-7,9-10,13,15,17,19H,3-5,8,11-12,18H2,1-2H3. The highest BCUT2D eigenvalue weighted by molar-refractivity contribution is 5.27. The van der Waals surface area contributed by atoms with Crippen LogP contribution in [0.4, 0.5) is 0 Å². The second kappa shape index (κ2) is 7.65. The number of nitrogens with one attached hydrogen (secondary N) is 1. The maximum absolute atomic E-state index is 5.79. The molecule has 0 amide bonds. The highest BCUT2D eigenvalue weighted by Crippen LogP contribution is 2.32. The van der Waals surface area contributed by atoms with E-state index in [2.05, 4.69) is 24.5 Å². The summed E-state index contributed by atoms with van der Waals surface area (Å²) in [5, 5.41) is 0. The van der Waals surface area contributed by atoms with Crippen molar-refractivity contribution < 1.29 is 4.74 Å². The maximum atomic E-state index is 5.79. The second-order valence-electron chi connectivity index (χ2n) is 6.19. The van der Waals surface area contributed by atoms with Crippen LogP contribution in [0.15, 0.2) is 24.3 Å². The molecular weight excluding hydrogens is 248 g/mol. The molecule has 3 N–H and O–H groups in total. The molecule has 112 valence electrons. The van der Waals surface area contributed by atoms with Crippen molar-refractivity contribution in [2.45, 2.75) is 51.5 Å². The predicted molar refractivity (Wildman–Crippen MR) is 83.5 cm³/mol. The van der Waals surface area contributed by atoms with Gasteiger partial charge in [-0.15, -0.1) is 0 Å². The molecule has 2 rings (SSSR count). The summed E-state index contributed by atoms with van der Waals surface area (Å²) < 4.78 is 5.19. The lowest BCUT2D eigenvalue weighted by atomic mass is 9.77. The number of nitrogens with two attached hydrogens (primary N) is 1. The minimum atomic E-state index is 0.444. The fourth-order valence-electron chi connectivity index (χ4n) is 3.42. The van der Waals surface area contributed by atoms with Crippen LogP contribution in [0, 0.1) is 11.8 Å². The van der Waals surface area contributed by atoms with Gasteiger partial charge in [0.25, 0.3) is 0 Å². The molecular formula is C17H28N2O. The summed E-state index contributed by atoms with van der Waals surface area (Å²) in [5.74, 6) is 8.30. The topological polar surface area (TPSA) is 47.3 Å². The minimum Gasteiger partial charge on any atom is -0.497 e. The Bertz CT molecular complexity index is 390. The molecule has 0 aromatic heterocycles. The van der Waals surface area contributed by atoms with Crippen LogP contribution in [0.1, 0.15) is 44.6 Å². The molecule has 1 saturated carbocycles. The fraction of sp³-hybridized carbons (Fsp3) is 0.647. The first kappa shape index (κ1) is 15.3. The third-order valence-corrected chi connectivity index (χ3v) is 4.66. The van der Waals surface area contributed by atoms with Crippen LogP contribution in [0.5, 0.6) is 5.75 Å². The van der Waals surface area contributed by atoms with E-state index in [1.165, 1.54) is 31.2 Å². The smallest absolute Gasteiger partial charge is 0.118 e. The van der Waals surface area contributed by atoms with Crippen molar-refractivity contribution in [3.05, 3.63) is 29.8 Å². The summed E-state index contributed by atoms with van der Waals surface area (Å²) in [6, 6.07) is 8.80. The average Bonchev–Trinajstić information content (AvgIpc) is 2.48. The average molecular weight is 276 g/mol. The molecule has 0 aliphatic heterocycles. The maximum Gasteiger partial charge on any atom is 0.118 e. The first-order valence-electron chi connectivity index (χ1n) is 7.82. The third-order valence-electron chi connectivity index (χ3n) is 4.66. The van der Waals surface area contributed by atoms with Gasteiger partial charge in [-0.3, -0.25) is 11.3 Å². The Kier molecular flexibility index (Phi) is 5.86. The number of ether oxygens (including phenoxy) is 1. The van der Waals surface area contributed by atoms with Crippen molar-refractivity contribution in [3.8, 4) is 5.75 Å². The van der Waals surface area contributed by atoms with Gasteiger partial charge in [-0.2, -0.15) is 0 Å². The summed E-state index contributed by atoms with van der Waals surface area (Å²) in [5.41, 5.74) is 4.42. The van der Waals surface area contributed by atoms with Crippen LogP contribution >= 0.6 is 0 Å². The van der Waals surface area contributed by atoms with Gasteiger partial charge < -0.3 is 4.74 Å². The predicted octanol–water partition coefficient (Wildman–Crippen LogP) is 3.29. The molecule has 0 bridgehead atoms. The Hall–Kier alpha value is -1.06. The Morgan fingerprint density at radius 2 is 2.05 bits per heavy atom. The van der Waals surface area contributed by atoms with Gasteiger partial charge in [0, 0.05) is 6.04 Å². The second-order valence-corrected chi connectivity index (χ2v) is 6.19. The summed E-state index contributed by atoms with van der Waals surface area (Å²) in [6.45, 7) is 2.36. The number of aryl methyl sites for hydroxylation is 1. The summed E-state index contributed by atoms with van der Waals surface area (Å²) >= 11 is 0. The molecule has 0 saturated heterocycles. The fourth-order valence-corrected chi connectivity index (χ4v) is 3.42. The van der Waals surface area contributed by atoms with Crippen LogP contribution in [-0.2, 0) is 6.42 Å². The van der Waals surface area contributed by atoms with Crippen LogP contribution in [-0.4, -0.2) is 13.2 Å². The van der Waals surface area contributed by atoms with Gasteiger partial charge in [-0.05, 0) is 55.2 Å². The van der Waals surface area contributed by atoms with Gasteiger partial charge >= 0.3 is 0 Å². The molecule has 0 heterocycles. The van der Waals surface area contributed by atoms with Crippen LogP contribution < -0.4 is 16.0 Å². The molecule has 1 aromatic carbocycles. The van der Waals surface area contributed by atoms with Crippen molar-refractivity contribution in [1.29, 1.82) is 0 Å². The van der Waals surface area contributed by atoms with Gasteiger partial charge in [-0.25, -0.2) is 0 Å². The van der Waals surface area contributed by atoms with Crippen LogP contribution in [0.25, 0.3) is 0 Å². The Morgan fingerprint density at radius 1 is 1.30 bits per heavy atom. The first-order valence-corrected chi connectivity index (χ1v) is 7.82. The summed E-state index contributed by atoms with van der Waals surface area (Å²) in [7, 11) is 1.70. The van der Waals surface area contributed by atoms with E-state index in [4.69, 9.17) is 10.6 Å². The van der Waals surface area contributed by atoms with Crippen molar-refractivity contribution in [3.63, 3.8) is 0 Å². The van der Waals surface area contributed by atoms with Crippen molar-refractivity contribution >= 4 is 0 Å². The van der Waals surface area contributed by atoms with Crippen molar-refractivity contribution in [1.82, 2.24) is 5.43 Å². The van der Waals surface area contributed by atoms with Crippen molar-refractivity contribution in [2.24, 2.45) is 17.7 Å². The van der Waals surface area contributed by atoms with E-state index in [1.54, 1.807) is 7.11 Å². The Balaban J connectivity index is 1.86. The van der Waals surface area contributed by atoms with E-state index in [-0.39, 0.29) is 0 Å². The molecule has 0 radical (unpaired) electrons. The van der Waals surface area contributed by atoms with E-state index < -0.39 is 0 Å². The zero-order valence-corrected chi connectivity index (χ0v) is 12.8. The number of hydrogen-bond donors (Lipinski definition) is 2. The molecule has 1 aromatic rings. The summed E-state index contributed by atoms with van der Waals surface area (Å²) in [4.78, 5) is 0. The minimum absolute atomic E-state index is 0.444. The lowest BCUT2D eigenvalue weighted by Gasteiger charge is -2.33. The first-order chi connectivity index (χ1) is 9.72. The van der Waals surface area contributed by atoms with E-state index in [9.17, 15) is 0 Å². The molecule has 1 aliphatic carbocycles. The SMILES string of the molecule is COc1ccc(CCC(NN)C2CCCC(C)C2)cc1. The van der Waals surface area contributed by atoms with Gasteiger partial charge in [0.2, 0.25) is 0 Å². The number of hydrogen-bond acceptors (Lipinski definition) is 3. The normalized spacial score (nSPS) is 24.4. The monoisotopic (exact) mass is 276 g/mol. The molecule has 3 nitrogen and oxygen atoms in total. The molecule has 3 unspecified atom stereocenters. The van der Waals surface area contributed by atoms with Crippen molar-refractivity contribution in [2.75, 3.05) is 7.11 Å². The number of methoxy groups -OCH3 is 1. The van der Waals surface area contributed by atoms with E-state index in [0.717, 1.165) is 30.4 Å². The largest absolute Gasteiger partial charge is 0.497 e. The lowest BCUT2D eigenvalue weighted by Crippen LogP contribution is -2.42. The number of hydrazine groups is 1. The quantitative estimate of drug-likeness (QED) is 0.619. The highest BCUT2D eigenvalue weighted by atomic mass is 16.5. The lowest BCUT2D eigenvalue weighted by molar-refractivity contribution is 0.216. The molecule has 0 spiro atoms. The van der Waals surface area contributed by atoms with Gasteiger partial charge in [0.15, 0.2) is 0 Å². The van der Waals surface area contributed by atoms with Crippen LogP contribution in [0.3, 0.4) is 0 Å². The molecule has 1 fully saturated rings. The molecule has 20 heavy (non-hydrogen) atoms. The van der Waals surface area contributed by atoms with E-state index in [0.29, 0.717) is 6.04 Å². The highest BCUT2D eigenvalue weighted by Gasteiger charge is 2.25. The number of rotatable bonds is 6. The number of benzene rings is 1. The summed E-state index contributed by atoms with van der Waals surface area (Å²) in [6.07, 6.45) is 7.56. The molecule has 1 aliphatic rings. The molecule has 3 heteroatoms. The Morgan fingerprint density at radius 3 is 2.65 bits per heavy atom. The third kappa shape index (κ3) is 4.22. The van der Waals surface area contributed by atoms with E-state index in [1.807, 2.05) is 12.1 Å². The van der Waals surface area contributed by atoms with E-state index >= 15 is 0 Å². The zero-order valence-electron chi connectivity index (χ0n) is 12.8. The zero-order chi connectivity index (χ0) is 14.4.